The van der Waals surface area contributed by atoms with E-state index < -0.39 is 0 Å². The highest BCUT2D eigenvalue weighted by Crippen LogP contribution is 2.50. The summed E-state index contributed by atoms with van der Waals surface area (Å²) in [6.07, 6.45) is 0. The van der Waals surface area contributed by atoms with Gasteiger partial charge in [0.05, 0.1) is 11.0 Å². The average molecular weight is 836 g/mol. The Morgan fingerprint density at radius 2 is 0.797 bits per heavy atom. The molecular weight excluding hydrogens is 795 g/mol. The summed E-state index contributed by atoms with van der Waals surface area (Å²) in [7, 11) is 0. The van der Waals surface area contributed by atoms with Crippen LogP contribution in [-0.4, -0.2) is 4.57 Å². The summed E-state index contributed by atoms with van der Waals surface area (Å²) in [6, 6.07) is 90.0. The number of benzene rings is 10. The summed E-state index contributed by atoms with van der Waals surface area (Å²) in [5, 5.41) is 5.01. The monoisotopic (exact) mass is 835 g/mol. The number of fused-ring (bicyclic) bond motifs is 7. The van der Waals surface area contributed by atoms with E-state index in [1.807, 2.05) is 11.3 Å². The Labute approximate surface area is 376 Å². The van der Waals surface area contributed by atoms with Gasteiger partial charge in [0.25, 0.3) is 0 Å². The molecule has 0 fully saturated rings. The number of anilines is 6. The molecule has 3 nitrogen and oxygen atoms in total. The van der Waals surface area contributed by atoms with Crippen LogP contribution in [0.1, 0.15) is 0 Å². The molecule has 0 aliphatic carbocycles. The van der Waals surface area contributed by atoms with Gasteiger partial charge in [-0.2, -0.15) is 0 Å². The van der Waals surface area contributed by atoms with Crippen LogP contribution in [0.4, 0.5) is 34.1 Å². The van der Waals surface area contributed by atoms with E-state index in [9.17, 15) is 0 Å². The third kappa shape index (κ3) is 6.51. The minimum absolute atomic E-state index is 1.06. The van der Waals surface area contributed by atoms with Gasteiger partial charge in [-0.1, -0.05) is 152 Å². The molecule has 12 aromatic rings. The van der Waals surface area contributed by atoms with Gasteiger partial charge in [-0.05, 0) is 114 Å². The summed E-state index contributed by atoms with van der Waals surface area (Å²) in [5.41, 5.74) is 14.8. The van der Waals surface area contributed by atoms with E-state index in [0.29, 0.717) is 0 Å². The number of nitrogens with zero attached hydrogens (tertiary/aromatic N) is 3. The summed E-state index contributed by atoms with van der Waals surface area (Å²) in [4.78, 5) is 4.79. The maximum Gasteiger partial charge on any atom is 0.0634 e. The quantitative estimate of drug-likeness (QED) is 0.143. The fraction of sp³-hybridized carbons (Fsp3) is 0. The van der Waals surface area contributed by atoms with E-state index in [4.69, 9.17) is 0 Å². The lowest BCUT2D eigenvalue weighted by Crippen LogP contribution is -2.13. The van der Waals surface area contributed by atoms with E-state index in [2.05, 4.69) is 263 Å². The highest BCUT2D eigenvalue weighted by molar-refractivity contribution is 7.26. The van der Waals surface area contributed by atoms with Gasteiger partial charge in [0.2, 0.25) is 0 Å². The van der Waals surface area contributed by atoms with Crippen LogP contribution in [0.2, 0.25) is 0 Å². The molecule has 0 atom stereocenters. The van der Waals surface area contributed by atoms with Gasteiger partial charge in [0.15, 0.2) is 0 Å². The SMILES string of the molecule is c1ccc(-c2ccc(N(c3ccccc3)c3cc(-c4cc5c6ccccc6n(-c6ccccc6)c5c5c4sc4ccccc45)cc(N(c4ccccc4)c4ccccc4)c3)cc2)cc1. The van der Waals surface area contributed by atoms with Crippen molar-refractivity contribution in [3.05, 3.63) is 249 Å². The van der Waals surface area contributed by atoms with Crippen LogP contribution >= 0.6 is 11.3 Å². The Bertz CT molecular complexity index is 3540. The number of thiophene rings is 1. The standard InChI is InChI=1S/C60H41N3S/c1-6-20-42(21-7-1)43-34-36-49(37-35-43)62(47-26-12-4-13-27-47)51-39-44(38-50(40-51)61(45-22-8-2-9-23-45)46-24-10-3-11-25-46)54-41-55-52-30-16-18-32-56(52)63(48-28-14-5-15-29-48)59(55)58-53-31-17-19-33-57(53)64-60(54)58/h1-41H. The van der Waals surface area contributed by atoms with Gasteiger partial charge < -0.3 is 14.4 Å². The number of aromatic nitrogens is 1. The van der Waals surface area contributed by atoms with Gasteiger partial charge >= 0.3 is 0 Å². The zero-order chi connectivity index (χ0) is 42.4. The molecule has 64 heavy (non-hydrogen) atoms. The van der Waals surface area contributed by atoms with Crippen molar-refractivity contribution >= 4 is 87.4 Å². The van der Waals surface area contributed by atoms with Gasteiger partial charge in [-0.3, -0.25) is 0 Å². The Hall–Kier alpha value is -8.18. The normalized spacial score (nSPS) is 11.4. The van der Waals surface area contributed by atoms with E-state index in [-0.39, 0.29) is 0 Å². The Morgan fingerprint density at radius 3 is 1.39 bits per heavy atom. The number of hydrogen-bond acceptors (Lipinski definition) is 3. The molecule has 0 radical (unpaired) electrons. The topological polar surface area (TPSA) is 11.4 Å². The van der Waals surface area contributed by atoms with Crippen LogP contribution < -0.4 is 9.80 Å². The van der Waals surface area contributed by atoms with Crippen LogP contribution in [0.25, 0.3) is 69.9 Å². The van der Waals surface area contributed by atoms with Crippen LogP contribution in [0.3, 0.4) is 0 Å². The summed E-state index contributed by atoms with van der Waals surface area (Å²) in [6.45, 7) is 0. The van der Waals surface area contributed by atoms with E-state index in [1.54, 1.807) is 0 Å². The van der Waals surface area contributed by atoms with Crippen LogP contribution in [-0.2, 0) is 0 Å². The minimum Gasteiger partial charge on any atom is -0.310 e. The molecule has 0 N–H and O–H groups in total. The van der Waals surface area contributed by atoms with Crippen molar-refractivity contribution in [2.45, 2.75) is 0 Å². The first-order chi connectivity index (χ1) is 31.8. The lowest BCUT2D eigenvalue weighted by atomic mass is 9.97. The lowest BCUT2D eigenvalue weighted by molar-refractivity contribution is 1.19. The maximum atomic E-state index is 2.47. The second kappa shape index (κ2) is 15.9. The van der Waals surface area contributed by atoms with E-state index >= 15 is 0 Å². The minimum atomic E-state index is 1.06. The van der Waals surface area contributed by atoms with Crippen LogP contribution in [0, 0.1) is 0 Å². The summed E-state index contributed by atoms with van der Waals surface area (Å²) < 4.78 is 5.01. The van der Waals surface area contributed by atoms with Crippen molar-refractivity contribution in [1.82, 2.24) is 4.57 Å². The number of hydrogen-bond donors (Lipinski definition) is 0. The first kappa shape index (κ1) is 37.6. The summed E-state index contributed by atoms with van der Waals surface area (Å²) in [5.74, 6) is 0. The van der Waals surface area contributed by atoms with Gasteiger partial charge in [0, 0.05) is 76.3 Å². The number of para-hydroxylation sites is 5. The third-order valence-corrected chi connectivity index (χ3v) is 13.5. The average Bonchev–Trinajstić information content (AvgIpc) is 3.92. The molecule has 0 saturated heterocycles. The second-order valence-corrected chi connectivity index (χ2v) is 17.2. The van der Waals surface area contributed by atoms with Crippen molar-refractivity contribution in [2.75, 3.05) is 9.80 Å². The zero-order valence-corrected chi connectivity index (χ0v) is 35.7. The van der Waals surface area contributed by atoms with Gasteiger partial charge in [-0.15, -0.1) is 11.3 Å². The molecule has 302 valence electrons. The molecule has 0 amide bonds. The van der Waals surface area contributed by atoms with Gasteiger partial charge in [0.1, 0.15) is 0 Å². The molecule has 4 heteroatoms. The zero-order valence-electron chi connectivity index (χ0n) is 34.9. The predicted octanol–water partition coefficient (Wildman–Crippen LogP) is 17.4. The fourth-order valence-corrected chi connectivity index (χ4v) is 10.7. The molecule has 0 spiro atoms. The molecule has 2 aromatic heterocycles. The molecular formula is C60H41N3S. The number of rotatable bonds is 9. The first-order valence-electron chi connectivity index (χ1n) is 21.8. The molecule has 10 aromatic carbocycles. The predicted molar refractivity (Wildman–Crippen MR) is 274 cm³/mol. The van der Waals surface area contributed by atoms with Gasteiger partial charge in [-0.25, -0.2) is 0 Å². The van der Waals surface area contributed by atoms with E-state index in [0.717, 1.165) is 45.4 Å². The van der Waals surface area contributed by atoms with Crippen molar-refractivity contribution in [2.24, 2.45) is 0 Å². The van der Waals surface area contributed by atoms with Crippen molar-refractivity contribution < 1.29 is 0 Å². The lowest BCUT2D eigenvalue weighted by Gasteiger charge is -2.30. The van der Waals surface area contributed by atoms with Crippen molar-refractivity contribution in [1.29, 1.82) is 0 Å². The van der Waals surface area contributed by atoms with Crippen molar-refractivity contribution in [3.8, 4) is 27.9 Å². The largest absolute Gasteiger partial charge is 0.310 e. The van der Waals surface area contributed by atoms with E-state index in [1.165, 1.54) is 58.7 Å². The smallest absolute Gasteiger partial charge is 0.0634 e. The highest BCUT2D eigenvalue weighted by Gasteiger charge is 2.24. The molecule has 0 aliphatic rings. The Kier molecular flexibility index (Phi) is 9.36. The molecule has 12 rings (SSSR count). The maximum absolute atomic E-state index is 2.47. The first-order valence-corrected chi connectivity index (χ1v) is 22.6. The molecule has 0 unspecified atom stereocenters. The molecule has 0 saturated carbocycles. The highest BCUT2D eigenvalue weighted by atomic mass is 32.1. The van der Waals surface area contributed by atoms with Crippen molar-refractivity contribution in [3.63, 3.8) is 0 Å². The second-order valence-electron chi connectivity index (χ2n) is 16.1. The molecule has 0 aliphatic heterocycles. The van der Waals surface area contributed by atoms with Crippen LogP contribution in [0.15, 0.2) is 249 Å². The molecule has 2 heterocycles. The summed E-state index contributed by atoms with van der Waals surface area (Å²) >= 11 is 1.88. The Balaban J connectivity index is 1.18. The Morgan fingerprint density at radius 1 is 0.328 bits per heavy atom. The molecule has 0 bridgehead atoms. The van der Waals surface area contributed by atoms with Crippen LogP contribution in [0.5, 0.6) is 0 Å². The fourth-order valence-electron chi connectivity index (χ4n) is 9.47. The third-order valence-electron chi connectivity index (χ3n) is 12.3.